The maximum atomic E-state index is 11.8. The van der Waals surface area contributed by atoms with Gasteiger partial charge in [-0.05, 0) is 51.5 Å². The van der Waals surface area contributed by atoms with E-state index in [2.05, 4.69) is 15.3 Å². The van der Waals surface area contributed by atoms with Crippen LogP contribution in [0.25, 0.3) is 0 Å². The molecule has 0 radical (unpaired) electrons. The predicted octanol–water partition coefficient (Wildman–Crippen LogP) is 3.85. The molecule has 0 aliphatic rings. The first kappa shape index (κ1) is 16.7. The van der Waals surface area contributed by atoms with Gasteiger partial charge in [-0.2, -0.15) is 0 Å². The zero-order valence-electron chi connectivity index (χ0n) is 13.7. The molecular formula is C17H21N3O3. The first-order valence-corrected chi connectivity index (χ1v) is 7.38. The van der Waals surface area contributed by atoms with Gasteiger partial charge in [0.1, 0.15) is 11.4 Å². The van der Waals surface area contributed by atoms with E-state index in [1.165, 1.54) is 0 Å². The third-order valence-corrected chi connectivity index (χ3v) is 2.84. The van der Waals surface area contributed by atoms with Gasteiger partial charge in [0.2, 0.25) is 0 Å². The number of benzene rings is 1. The highest BCUT2D eigenvalue weighted by molar-refractivity contribution is 5.68. The number of aromatic nitrogens is 2. The fourth-order valence-electron chi connectivity index (χ4n) is 1.86. The summed E-state index contributed by atoms with van der Waals surface area (Å²) >= 11 is 0. The molecule has 1 aromatic carbocycles. The van der Waals surface area contributed by atoms with E-state index < -0.39 is 11.7 Å². The van der Waals surface area contributed by atoms with Crippen LogP contribution in [0, 0.1) is 0 Å². The van der Waals surface area contributed by atoms with Crippen molar-refractivity contribution in [2.75, 3.05) is 0 Å². The third-order valence-electron chi connectivity index (χ3n) is 2.84. The minimum Gasteiger partial charge on any atom is -0.444 e. The number of ether oxygens (including phenoxy) is 2. The van der Waals surface area contributed by atoms with Crippen LogP contribution in [-0.2, 0) is 4.74 Å². The lowest BCUT2D eigenvalue weighted by Gasteiger charge is -2.22. The van der Waals surface area contributed by atoms with Gasteiger partial charge < -0.3 is 14.8 Å². The smallest absolute Gasteiger partial charge is 0.408 e. The molecule has 1 aromatic heterocycles. The van der Waals surface area contributed by atoms with Crippen molar-refractivity contribution >= 4 is 6.09 Å². The molecule has 0 aliphatic carbocycles. The Morgan fingerprint density at radius 2 is 1.87 bits per heavy atom. The monoisotopic (exact) mass is 315 g/mol. The summed E-state index contributed by atoms with van der Waals surface area (Å²) in [5.41, 5.74) is 0.364. The van der Waals surface area contributed by atoms with Crippen molar-refractivity contribution in [1.29, 1.82) is 0 Å². The topological polar surface area (TPSA) is 73.3 Å². The standard InChI is InChI=1S/C17H21N3O3/c1-12(20-16(21)23-17(2,3)4)13-7-5-8-14(11-13)22-15-18-9-6-10-19-15/h5-12H,1-4H3,(H,20,21). The SMILES string of the molecule is CC(NC(=O)OC(C)(C)C)c1cccc(Oc2ncccn2)c1. The molecule has 0 bridgehead atoms. The molecular weight excluding hydrogens is 294 g/mol. The van der Waals surface area contributed by atoms with Crippen molar-refractivity contribution in [2.24, 2.45) is 0 Å². The van der Waals surface area contributed by atoms with Crippen LogP contribution in [0.4, 0.5) is 4.79 Å². The number of nitrogens with one attached hydrogen (secondary N) is 1. The highest BCUT2D eigenvalue weighted by Gasteiger charge is 2.18. The molecule has 6 heteroatoms. The minimum absolute atomic E-state index is 0.218. The second-order valence-electron chi connectivity index (χ2n) is 6.07. The molecule has 1 N–H and O–H groups in total. The molecule has 2 rings (SSSR count). The molecule has 2 aromatic rings. The summed E-state index contributed by atoms with van der Waals surface area (Å²) in [5, 5.41) is 2.80. The number of amides is 1. The molecule has 0 fully saturated rings. The Morgan fingerprint density at radius 1 is 1.17 bits per heavy atom. The molecule has 0 aliphatic heterocycles. The number of carbonyl (C=O) groups is 1. The molecule has 23 heavy (non-hydrogen) atoms. The van der Waals surface area contributed by atoms with Gasteiger partial charge in [-0.1, -0.05) is 12.1 Å². The van der Waals surface area contributed by atoms with E-state index in [9.17, 15) is 4.79 Å². The molecule has 0 saturated heterocycles. The van der Waals surface area contributed by atoms with Gasteiger partial charge in [0.05, 0.1) is 6.04 Å². The summed E-state index contributed by atoms with van der Waals surface area (Å²) in [6, 6.07) is 9.17. The van der Waals surface area contributed by atoms with Crippen LogP contribution < -0.4 is 10.1 Å². The van der Waals surface area contributed by atoms with Crippen molar-refractivity contribution in [3.8, 4) is 11.8 Å². The quantitative estimate of drug-likeness (QED) is 0.927. The molecule has 0 saturated carbocycles. The number of nitrogens with zero attached hydrogens (tertiary/aromatic N) is 2. The molecule has 1 unspecified atom stereocenters. The van der Waals surface area contributed by atoms with E-state index in [0.717, 1.165) is 5.56 Å². The molecule has 0 spiro atoms. The summed E-state index contributed by atoms with van der Waals surface area (Å²) < 4.78 is 10.8. The number of rotatable bonds is 4. The lowest BCUT2D eigenvalue weighted by atomic mass is 10.1. The minimum atomic E-state index is -0.528. The number of carbonyl (C=O) groups excluding carboxylic acids is 1. The van der Waals surface area contributed by atoms with Crippen molar-refractivity contribution < 1.29 is 14.3 Å². The average Bonchev–Trinajstić information content (AvgIpc) is 2.46. The van der Waals surface area contributed by atoms with Crippen LogP contribution in [0.5, 0.6) is 11.8 Å². The van der Waals surface area contributed by atoms with Crippen molar-refractivity contribution in [3.63, 3.8) is 0 Å². The Kier molecular flexibility index (Phi) is 5.16. The normalized spacial score (nSPS) is 12.3. The molecule has 1 amide bonds. The number of alkyl carbamates (subject to hydrolysis) is 1. The van der Waals surface area contributed by atoms with Gasteiger partial charge in [-0.3, -0.25) is 0 Å². The van der Waals surface area contributed by atoms with E-state index in [1.54, 1.807) is 24.5 Å². The maximum Gasteiger partial charge on any atom is 0.408 e. The van der Waals surface area contributed by atoms with Crippen molar-refractivity contribution in [3.05, 3.63) is 48.3 Å². The average molecular weight is 315 g/mol. The summed E-state index contributed by atoms with van der Waals surface area (Å²) in [4.78, 5) is 19.9. The first-order valence-electron chi connectivity index (χ1n) is 7.38. The Balaban J connectivity index is 2.02. The summed E-state index contributed by atoms with van der Waals surface area (Å²) in [6.45, 7) is 7.35. The summed E-state index contributed by atoms with van der Waals surface area (Å²) in [7, 11) is 0. The van der Waals surface area contributed by atoms with Crippen LogP contribution in [0.1, 0.15) is 39.3 Å². The number of hydrogen-bond donors (Lipinski definition) is 1. The van der Waals surface area contributed by atoms with Crippen LogP contribution in [0.15, 0.2) is 42.7 Å². The van der Waals surface area contributed by atoms with Gasteiger partial charge in [0.15, 0.2) is 0 Å². The van der Waals surface area contributed by atoms with Crippen LogP contribution >= 0.6 is 0 Å². The lowest BCUT2D eigenvalue weighted by Crippen LogP contribution is -2.34. The predicted molar refractivity (Wildman–Crippen MR) is 86.3 cm³/mol. The Labute approximate surface area is 135 Å². The second kappa shape index (κ2) is 7.09. The fraction of sp³-hybridized carbons (Fsp3) is 0.353. The molecule has 1 heterocycles. The van der Waals surface area contributed by atoms with Crippen LogP contribution in [0.2, 0.25) is 0 Å². The van der Waals surface area contributed by atoms with Crippen molar-refractivity contribution in [2.45, 2.75) is 39.3 Å². The summed E-state index contributed by atoms with van der Waals surface area (Å²) in [5.74, 6) is 0.603. The van der Waals surface area contributed by atoms with Gasteiger partial charge in [-0.25, -0.2) is 14.8 Å². The van der Waals surface area contributed by atoms with E-state index in [0.29, 0.717) is 5.75 Å². The largest absolute Gasteiger partial charge is 0.444 e. The zero-order chi connectivity index (χ0) is 16.9. The van der Waals surface area contributed by atoms with Gasteiger partial charge >= 0.3 is 12.1 Å². The van der Waals surface area contributed by atoms with Gasteiger partial charge in [0.25, 0.3) is 0 Å². The van der Waals surface area contributed by atoms with E-state index >= 15 is 0 Å². The van der Waals surface area contributed by atoms with E-state index in [1.807, 2.05) is 45.9 Å². The maximum absolute atomic E-state index is 11.8. The van der Waals surface area contributed by atoms with Gasteiger partial charge in [0, 0.05) is 12.4 Å². The van der Waals surface area contributed by atoms with Crippen molar-refractivity contribution in [1.82, 2.24) is 15.3 Å². The van der Waals surface area contributed by atoms with Gasteiger partial charge in [-0.15, -0.1) is 0 Å². The first-order chi connectivity index (χ1) is 10.8. The highest BCUT2D eigenvalue weighted by atomic mass is 16.6. The third kappa shape index (κ3) is 5.58. The fourth-order valence-corrected chi connectivity index (χ4v) is 1.86. The lowest BCUT2D eigenvalue weighted by molar-refractivity contribution is 0.0508. The zero-order valence-corrected chi connectivity index (χ0v) is 13.7. The number of hydrogen-bond acceptors (Lipinski definition) is 5. The molecule has 1 atom stereocenters. The Hall–Kier alpha value is -2.63. The Morgan fingerprint density at radius 3 is 2.52 bits per heavy atom. The molecule has 122 valence electrons. The molecule has 6 nitrogen and oxygen atoms in total. The Bertz CT molecular complexity index is 654. The van der Waals surface area contributed by atoms with Crippen LogP contribution in [0.3, 0.4) is 0 Å². The second-order valence-corrected chi connectivity index (χ2v) is 6.07. The summed E-state index contributed by atoms with van der Waals surface area (Å²) in [6.07, 6.45) is 2.76. The van der Waals surface area contributed by atoms with Crippen LogP contribution in [-0.4, -0.2) is 21.7 Å². The van der Waals surface area contributed by atoms with E-state index in [4.69, 9.17) is 9.47 Å². The van der Waals surface area contributed by atoms with E-state index in [-0.39, 0.29) is 12.1 Å². The highest BCUT2D eigenvalue weighted by Crippen LogP contribution is 2.22.